The van der Waals surface area contributed by atoms with Gasteiger partial charge in [-0.05, 0) is 25.1 Å². The molecule has 0 saturated heterocycles. The van der Waals surface area contributed by atoms with E-state index in [1.165, 1.54) is 0 Å². The van der Waals surface area contributed by atoms with Gasteiger partial charge in [-0.3, -0.25) is 0 Å². The molecule has 0 bridgehead atoms. The Bertz CT molecular complexity index is 133. The molecule has 0 amide bonds. The number of terminal acetylenes is 1. The monoisotopic (exact) mass is 201 g/mol. The highest BCUT2D eigenvalue weighted by Crippen LogP contribution is 1.99. The van der Waals surface area contributed by atoms with E-state index in [1.54, 1.807) is 0 Å². The Kier molecular flexibility index (Phi) is 11.7. The summed E-state index contributed by atoms with van der Waals surface area (Å²) in [6.45, 7) is 2.37. The van der Waals surface area contributed by atoms with Crippen molar-refractivity contribution in [3.8, 4) is 12.3 Å². The quantitative estimate of drug-likeness (QED) is 0.433. The molecule has 0 aromatic heterocycles. The van der Waals surface area contributed by atoms with E-state index in [2.05, 4.69) is 11.2 Å². The van der Waals surface area contributed by atoms with Crippen molar-refractivity contribution in [2.75, 3.05) is 31.2 Å². The fourth-order valence-electron chi connectivity index (χ4n) is 0.853. The van der Waals surface area contributed by atoms with Crippen LogP contribution < -0.4 is 5.32 Å². The summed E-state index contributed by atoms with van der Waals surface area (Å²) in [5.41, 5.74) is 0. The Hall–Kier alpha value is -0.170. The summed E-state index contributed by atoms with van der Waals surface area (Å²) in [6.07, 6.45) is 7.96. The summed E-state index contributed by atoms with van der Waals surface area (Å²) in [6, 6.07) is 0. The van der Waals surface area contributed by atoms with E-state index in [0.29, 0.717) is 6.61 Å². The topological polar surface area (TPSA) is 32.3 Å². The van der Waals surface area contributed by atoms with Crippen molar-refractivity contribution in [3.05, 3.63) is 0 Å². The van der Waals surface area contributed by atoms with Crippen LogP contribution >= 0.6 is 11.8 Å². The maximum atomic E-state index is 8.52. The maximum absolute atomic E-state index is 8.52. The van der Waals surface area contributed by atoms with Gasteiger partial charge in [-0.15, -0.1) is 12.3 Å². The molecule has 2 nitrogen and oxygen atoms in total. The second kappa shape index (κ2) is 11.8. The zero-order valence-electron chi connectivity index (χ0n) is 8.09. The Morgan fingerprint density at radius 1 is 1.23 bits per heavy atom. The fourth-order valence-corrected chi connectivity index (χ4v) is 1.68. The normalized spacial score (nSPS) is 9.85. The molecule has 76 valence electrons. The summed E-state index contributed by atoms with van der Waals surface area (Å²) >= 11 is 1.88. The number of aliphatic hydroxyl groups excluding tert-OH is 1. The van der Waals surface area contributed by atoms with Crippen LogP contribution in [0.25, 0.3) is 0 Å². The van der Waals surface area contributed by atoms with Crippen LogP contribution in [0.2, 0.25) is 0 Å². The van der Waals surface area contributed by atoms with Crippen LogP contribution in [0.4, 0.5) is 0 Å². The molecule has 3 heteroatoms. The molecule has 0 saturated carbocycles. The molecule has 0 aliphatic rings. The van der Waals surface area contributed by atoms with Crippen LogP contribution in [0.3, 0.4) is 0 Å². The Balaban J connectivity index is 2.80. The van der Waals surface area contributed by atoms with Crippen LogP contribution in [0.1, 0.15) is 19.3 Å². The second-order valence-electron chi connectivity index (χ2n) is 2.75. The minimum absolute atomic E-state index is 0.308. The van der Waals surface area contributed by atoms with Crippen LogP contribution in [0, 0.1) is 12.3 Å². The SMILES string of the molecule is C#CCCCNCCSCCCO. The van der Waals surface area contributed by atoms with E-state index in [4.69, 9.17) is 11.5 Å². The van der Waals surface area contributed by atoms with Crippen molar-refractivity contribution >= 4 is 11.8 Å². The van der Waals surface area contributed by atoms with Crippen molar-refractivity contribution in [1.82, 2.24) is 5.32 Å². The lowest BCUT2D eigenvalue weighted by molar-refractivity contribution is 0.296. The minimum Gasteiger partial charge on any atom is -0.396 e. The lowest BCUT2D eigenvalue weighted by Gasteiger charge is -2.02. The van der Waals surface area contributed by atoms with Crippen molar-refractivity contribution in [3.63, 3.8) is 0 Å². The van der Waals surface area contributed by atoms with Gasteiger partial charge in [0.15, 0.2) is 0 Å². The van der Waals surface area contributed by atoms with Crippen LogP contribution in [0.5, 0.6) is 0 Å². The molecule has 0 unspecified atom stereocenters. The first-order valence-electron chi connectivity index (χ1n) is 4.74. The molecular formula is C10H19NOS. The highest BCUT2D eigenvalue weighted by molar-refractivity contribution is 7.99. The molecule has 0 heterocycles. The van der Waals surface area contributed by atoms with Gasteiger partial charge >= 0.3 is 0 Å². The number of unbranched alkanes of at least 4 members (excludes halogenated alkanes) is 1. The molecule has 0 atom stereocenters. The average molecular weight is 201 g/mol. The first-order chi connectivity index (χ1) is 6.41. The third-order valence-electron chi connectivity index (χ3n) is 1.54. The van der Waals surface area contributed by atoms with Gasteiger partial charge in [-0.2, -0.15) is 11.8 Å². The molecular weight excluding hydrogens is 182 g/mol. The number of hydrogen-bond acceptors (Lipinski definition) is 3. The minimum atomic E-state index is 0.308. The highest BCUT2D eigenvalue weighted by Gasteiger charge is 1.89. The van der Waals surface area contributed by atoms with Gasteiger partial charge in [0.2, 0.25) is 0 Å². The van der Waals surface area contributed by atoms with E-state index >= 15 is 0 Å². The van der Waals surface area contributed by atoms with Crippen LogP contribution in [-0.4, -0.2) is 36.3 Å². The van der Waals surface area contributed by atoms with Gasteiger partial charge in [0.05, 0.1) is 0 Å². The molecule has 2 N–H and O–H groups in total. The van der Waals surface area contributed by atoms with Crippen molar-refractivity contribution in [2.24, 2.45) is 0 Å². The summed E-state index contributed by atoms with van der Waals surface area (Å²) in [5.74, 6) is 4.79. The van der Waals surface area contributed by atoms with E-state index in [1.807, 2.05) is 11.8 Å². The van der Waals surface area contributed by atoms with E-state index in [0.717, 1.165) is 43.9 Å². The number of thioether (sulfide) groups is 1. The Morgan fingerprint density at radius 2 is 2.08 bits per heavy atom. The van der Waals surface area contributed by atoms with E-state index in [-0.39, 0.29) is 0 Å². The molecule has 0 aromatic rings. The van der Waals surface area contributed by atoms with Gasteiger partial charge in [0.1, 0.15) is 0 Å². The summed E-state index contributed by atoms with van der Waals surface area (Å²) in [4.78, 5) is 0. The molecule has 0 aliphatic carbocycles. The molecule has 0 rings (SSSR count). The van der Waals surface area contributed by atoms with Gasteiger partial charge in [0.25, 0.3) is 0 Å². The van der Waals surface area contributed by atoms with Gasteiger partial charge < -0.3 is 10.4 Å². The smallest absolute Gasteiger partial charge is 0.0438 e. The predicted molar refractivity (Wildman–Crippen MR) is 60.0 cm³/mol. The highest BCUT2D eigenvalue weighted by atomic mass is 32.2. The van der Waals surface area contributed by atoms with Crippen LogP contribution in [-0.2, 0) is 0 Å². The summed E-state index contributed by atoms with van der Waals surface area (Å²) < 4.78 is 0. The number of aliphatic hydroxyl groups is 1. The molecule has 0 fully saturated rings. The van der Waals surface area contributed by atoms with Crippen LogP contribution in [0.15, 0.2) is 0 Å². The number of hydrogen-bond donors (Lipinski definition) is 2. The second-order valence-corrected chi connectivity index (χ2v) is 3.97. The first kappa shape index (κ1) is 12.8. The zero-order valence-corrected chi connectivity index (χ0v) is 8.91. The average Bonchev–Trinajstić information content (AvgIpc) is 2.16. The van der Waals surface area contributed by atoms with Gasteiger partial charge in [-0.25, -0.2) is 0 Å². The molecule has 0 aliphatic heterocycles. The maximum Gasteiger partial charge on any atom is 0.0438 e. The Labute approximate surface area is 85.5 Å². The fraction of sp³-hybridized carbons (Fsp3) is 0.800. The standard InChI is InChI=1S/C10H19NOS/c1-2-3-4-6-11-7-10-13-9-5-8-12/h1,11-12H,3-10H2. The number of nitrogens with one attached hydrogen (secondary N) is 1. The molecule has 0 aromatic carbocycles. The lowest BCUT2D eigenvalue weighted by Crippen LogP contribution is -2.18. The lowest BCUT2D eigenvalue weighted by atomic mass is 10.3. The number of rotatable bonds is 9. The van der Waals surface area contributed by atoms with Gasteiger partial charge in [0, 0.05) is 25.3 Å². The molecule has 0 radical (unpaired) electrons. The molecule has 13 heavy (non-hydrogen) atoms. The Morgan fingerprint density at radius 3 is 2.77 bits per heavy atom. The van der Waals surface area contributed by atoms with Crippen molar-refractivity contribution in [2.45, 2.75) is 19.3 Å². The summed E-state index contributed by atoms with van der Waals surface area (Å²) in [5, 5.41) is 11.8. The van der Waals surface area contributed by atoms with Crippen molar-refractivity contribution < 1.29 is 5.11 Å². The largest absolute Gasteiger partial charge is 0.396 e. The van der Waals surface area contributed by atoms with E-state index in [9.17, 15) is 0 Å². The zero-order chi connectivity index (χ0) is 9.78. The first-order valence-corrected chi connectivity index (χ1v) is 5.90. The van der Waals surface area contributed by atoms with E-state index < -0.39 is 0 Å². The van der Waals surface area contributed by atoms with Gasteiger partial charge in [-0.1, -0.05) is 0 Å². The predicted octanol–water partition coefficient (Wildman–Crippen LogP) is 1.10. The third-order valence-corrected chi connectivity index (χ3v) is 2.61. The summed E-state index contributed by atoms with van der Waals surface area (Å²) in [7, 11) is 0. The molecule has 0 spiro atoms. The van der Waals surface area contributed by atoms with Crippen molar-refractivity contribution in [1.29, 1.82) is 0 Å². The third kappa shape index (κ3) is 11.8.